The molecule has 1 aliphatic rings. The number of hydrogen-bond donors (Lipinski definition) is 0. The minimum Gasteiger partial charge on any atom is -0.493 e. The van der Waals surface area contributed by atoms with Crippen LogP contribution in [0.5, 0.6) is 5.75 Å². The molecule has 3 heteroatoms. The molecule has 0 aromatic heterocycles. The summed E-state index contributed by atoms with van der Waals surface area (Å²) in [5.41, 5.74) is 0.920. The molecule has 0 spiro atoms. The van der Waals surface area contributed by atoms with Crippen molar-refractivity contribution in [2.75, 3.05) is 6.61 Å². The Morgan fingerprint density at radius 3 is 2.26 bits per heavy atom. The average molecular weight is 325 g/mol. The lowest BCUT2D eigenvalue weighted by Gasteiger charge is -2.08. The van der Waals surface area contributed by atoms with E-state index >= 15 is 0 Å². The second kappa shape index (κ2) is 4.62. The maximum absolute atomic E-state index is 12.6. The van der Waals surface area contributed by atoms with E-state index in [1.54, 1.807) is 0 Å². The molecule has 0 bridgehead atoms. The molecule has 0 aliphatic heterocycles. The Balaban J connectivity index is 2.25. The van der Waals surface area contributed by atoms with Crippen LogP contribution in [0.4, 0.5) is 0 Å². The summed E-state index contributed by atoms with van der Waals surface area (Å²) < 4.78 is 6.32. The fraction of sp³-hybridized carbons (Fsp3) is 0.562. The lowest BCUT2D eigenvalue weighted by atomic mass is 10.0. The maximum Gasteiger partial charge on any atom is 0.167 e. The van der Waals surface area contributed by atoms with Crippen molar-refractivity contribution in [1.29, 1.82) is 0 Å². The highest BCUT2D eigenvalue weighted by Crippen LogP contribution is 2.69. The number of Topliss-reactive ketones (excluding diaryl/α,β-unsaturated/α-hetero) is 1. The normalized spacial score (nSPS) is 20.1. The van der Waals surface area contributed by atoms with Crippen molar-refractivity contribution in [3.8, 4) is 5.75 Å². The van der Waals surface area contributed by atoms with Gasteiger partial charge in [-0.15, -0.1) is 0 Å². The van der Waals surface area contributed by atoms with E-state index in [9.17, 15) is 4.79 Å². The minimum absolute atomic E-state index is 0.0785. The third-order valence-electron chi connectivity index (χ3n) is 4.80. The Morgan fingerprint density at radius 2 is 1.84 bits per heavy atom. The predicted octanol–water partition coefficient (Wildman–Crippen LogP) is 4.71. The zero-order valence-electron chi connectivity index (χ0n) is 12.2. The molecule has 104 valence electrons. The standard InChI is InChI=1S/C16H21BrO2/c1-6-19-12-8-7-10(9-11(12)17)13(18)14-15(2,3)16(14,4)5/h7-9,14H,6H2,1-5H3. The molecule has 1 saturated carbocycles. The quantitative estimate of drug-likeness (QED) is 0.749. The van der Waals surface area contributed by atoms with Crippen molar-refractivity contribution < 1.29 is 9.53 Å². The summed E-state index contributed by atoms with van der Waals surface area (Å²) in [7, 11) is 0. The van der Waals surface area contributed by atoms with Gasteiger partial charge in [0.15, 0.2) is 5.78 Å². The maximum atomic E-state index is 12.6. The molecule has 1 aromatic rings. The summed E-state index contributed by atoms with van der Waals surface area (Å²) in [5, 5.41) is 0. The summed E-state index contributed by atoms with van der Waals surface area (Å²) >= 11 is 3.47. The van der Waals surface area contributed by atoms with Crippen molar-refractivity contribution in [3.05, 3.63) is 28.2 Å². The van der Waals surface area contributed by atoms with Crippen LogP contribution in [0.15, 0.2) is 22.7 Å². The Kier molecular flexibility index (Phi) is 3.54. The molecule has 1 fully saturated rings. The lowest BCUT2D eigenvalue weighted by Crippen LogP contribution is -2.07. The van der Waals surface area contributed by atoms with Crippen molar-refractivity contribution >= 4 is 21.7 Å². The fourth-order valence-electron chi connectivity index (χ4n) is 2.95. The second-order valence-electron chi connectivity index (χ2n) is 6.32. The zero-order chi connectivity index (χ0) is 14.4. The zero-order valence-corrected chi connectivity index (χ0v) is 13.8. The van der Waals surface area contributed by atoms with Gasteiger partial charge in [-0.2, -0.15) is 0 Å². The molecular formula is C16H21BrO2. The van der Waals surface area contributed by atoms with Crippen LogP contribution in [0, 0.1) is 16.7 Å². The van der Waals surface area contributed by atoms with Gasteiger partial charge in [-0.3, -0.25) is 4.79 Å². The summed E-state index contributed by atoms with van der Waals surface area (Å²) in [4.78, 5) is 12.6. The minimum atomic E-state index is 0.0785. The molecule has 0 unspecified atom stereocenters. The van der Waals surface area contributed by atoms with Gasteiger partial charge in [-0.05, 0) is 51.9 Å². The summed E-state index contributed by atoms with van der Waals surface area (Å²) in [6, 6.07) is 5.60. The Bertz CT molecular complexity index is 503. The number of hydrogen-bond acceptors (Lipinski definition) is 2. The largest absolute Gasteiger partial charge is 0.493 e. The molecule has 0 atom stereocenters. The lowest BCUT2D eigenvalue weighted by molar-refractivity contribution is 0.0945. The van der Waals surface area contributed by atoms with E-state index in [1.165, 1.54) is 0 Å². The van der Waals surface area contributed by atoms with Gasteiger partial charge in [-0.25, -0.2) is 0 Å². The Morgan fingerprint density at radius 1 is 1.26 bits per heavy atom. The van der Waals surface area contributed by atoms with Gasteiger partial charge in [0.2, 0.25) is 0 Å². The smallest absolute Gasteiger partial charge is 0.167 e. The van der Waals surface area contributed by atoms with Gasteiger partial charge in [-0.1, -0.05) is 27.7 Å². The van der Waals surface area contributed by atoms with E-state index in [1.807, 2.05) is 25.1 Å². The van der Waals surface area contributed by atoms with Crippen LogP contribution < -0.4 is 4.74 Å². The SMILES string of the molecule is CCOc1ccc(C(=O)C2C(C)(C)C2(C)C)cc1Br. The first-order valence-electron chi connectivity index (χ1n) is 6.70. The fourth-order valence-corrected chi connectivity index (χ4v) is 3.44. The van der Waals surface area contributed by atoms with Crippen LogP contribution >= 0.6 is 15.9 Å². The Labute approximate surface area is 123 Å². The number of halogens is 1. The van der Waals surface area contributed by atoms with Crippen LogP contribution in [0.2, 0.25) is 0 Å². The van der Waals surface area contributed by atoms with E-state index < -0.39 is 0 Å². The van der Waals surface area contributed by atoms with Crippen LogP contribution in [0.25, 0.3) is 0 Å². The van der Waals surface area contributed by atoms with Gasteiger partial charge in [0.1, 0.15) is 5.75 Å². The first-order valence-corrected chi connectivity index (χ1v) is 7.49. The molecule has 0 saturated heterocycles. The molecule has 0 amide bonds. The third kappa shape index (κ3) is 2.22. The molecule has 2 rings (SSSR count). The van der Waals surface area contributed by atoms with E-state index in [2.05, 4.69) is 43.6 Å². The van der Waals surface area contributed by atoms with Gasteiger partial charge in [0.25, 0.3) is 0 Å². The number of benzene rings is 1. The summed E-state index contributed by atoms with van der Waals surface area (Å²) in [6.07, 6.45) is 0. The van der Waals surface area contributed by atoms with E-state index in [0.29, 0.717) is 6.61 Å². The number of carbonyl (C=O) groups excluding carboxylic acids is 1. The second-order valence-corrected chi connectivity index (χ2v) is 7.17. The molecule has 19 heavy (non-hydrogen) atoms. The summed E-state index contributed by atoms with van der Waals surface area (Å²) in [5.74, 6) is 1.12. The molecule has 1 aliphatic carbocycles. The average Bonchev–Trinajstić information content (AvgIpc) is 2.72. The topological polar surface area (TPSA) is 26.3 Å². The van der Waals surface area contributed by atoms with Crippen LogP contribution in [-0.2, 0) is 0 Å². The van der Waals surface area contributed by atoms with Gasteiger partial charge in [0, 0.05) is 11.5 Å². The summed E-state index contributed by atoms with van der Waals surface area (Å²) in [6.45, 7) is 11.2. The molecular weight excluding hydrogens is 304 g/mol. The molecule has 0 radical (unpaired) electrons. The molecule has 0 N–H and O–H groups in total. The van der Waals surface area contributed by atoms with Crippen molar-refractivity contribution in [3.63, 3.8) is 0 Å². The van der Waals surface area contributed by atoms with Crippen LogP contribution in [0.1, 0.15) is 45.0 Å². The molecule has 0 heterocycles. The van der Waals surface area contributed by atoms with E-state index in [0.717, 1.165) is 15.8 Å². The van der Waals surface area contributed by atoms with Gasteiger partial charge >= 0.3 is 0 Å². The highest BCUT2D eigenvalue weighted by atomic mass is 79.9. The molecule has 2 nitrogen and oxygen atoms in total. The van der Waals surface area contributed by atoms with E-state index in [-0.39, 0.29) is 22.5 Å². The number of rotatable bonds is 4. The molecule has 1 aromatic carbocycles. The van der Waals surface area contributed by atoms with Crippen LogP contribution in [0.3, 0.4) is 0 Å². The number of ketones is 1. The first-order chi connectivity index (χ1) is 8.73. The number of carbonyl (C=O) groups is 1. The van der Waals surface area contributed by atoms with E-state index in [4.69, 9.17) is 4.74 Å². The monoisotopic (exact) mass is 324 g/mol. The number of ether oxygens (including phenoxy) is 1. The highest BCUT2D eigenvalue weighted by molar-refractivity contribution is 9.10. The Hall–Kier alpha value is -0.830. The van der Waals surface area contributed by atoms with Gasteiger partial charge < -0.3 is 4.74 Å². The third-order valence-corrected chi connectivity index (χ3v) is 5.42. The predicted molar refractivity (Wildman–Crippen MR) is 80.7 cm³/mol. The first kappa shape index (κ1) is 14.6. The van der Waals surface area contributed by atoms with Crippen LogP contribution in [-0.4, -0.2) is 12.4 Å². The highest BCUT2D eigenvalue weighted by Gasteiger charge is 2.67. The van der Waals surface area contributed by atoms with Crippen molar-refractivity contribution in [1.82, 2.24) is 0 Å². The van der Waals surface area contributed by atoms with Crippen molar-refractivity contribution in [2.24, 2.45) is 16.7 Å². The van der Waals surface area contributed by atoms with Crippen molar-refractivity contribution in [2.45, 2.75) is 34.6 Å². The van der Waals surface area contributed by atoms with Gasteiger partial charge in [0.05, 0.1) is 11.1 Å².